The number of carbonyl (C=O) groups excluding carboxylic acids is 1. The Labute approximate surface area is 220 Å². The molecule has 1 N–H and O–H groups in total. The zero-order valence-corrected chi connectivity index (χ0v) is 21.1. The standard InChI is InChI=1S/C24H22F4N4O6S/c1-36-19-11-15(14-3-2-4-16(9-14)24(26,27)28)10-17(25)23(19)32-18-5-7-31(12-20(18)37-13-22(32)33)39(34,35)30-21-6-8-38-29-21/h2-4,6,8-11,18,20H,5,7,12-13H2,1H3,(H,29,30)/t18-,20-/m0/s1. The summed E-state index contributed by atoms with van der Waals surface area (Å²) in [5.74, 6) is -1.54. The molecule has 0 saturated carbocycles. The predicted octanol–water partition coefficient (Wildman–Crippen LogP) is 3.67. The van der Waals surface area contributed by atoms with Gasteiger partial charge in [0.1, 0.15) is 24.3 Å². The van der Waals surface area contributed by atoms with Crippen molar-refractivity contribution in [2.24, 2.45) is 0 Å². The van der Waals surface area contributed by atoms with Gasteiger partial charge in [-0.3, -0.25) is 14.4 Å². The maximum absolute atomic E-state index is 15.6. The smallest absolute Gasteiger partial charge is 0.416 e. The quantitative estimate of drug-likeness (QED) is 0.450. The third kappa shape index (κ3) is 5.29. The molecule has 1 aromatic heterocycles. The molecule has 2 aromatic carbocycles. The minimum atomic E-state index is -4.58. The van der Waals surface area contributed by atoms with E-state index in [1.54, 1.807) is 0 Å². The molecule has 3 heterocycles. The minimum absolute atomic E-state index is 0.00819. The van der Waals surface area contributed by atoms with Crippen LogP contribution in [0.5, 0.6) is 5.75 Å². The molecule has 2 fully saturated rings. The fraction of sp³-hybridized carbons (Fsp3) is 0.333. The van der Waals surface area contributed by atoms with E-state index in [4.69, 9.17) is 9.47 Å². The van der Waals surface area contributed by atoms with Crippen molar-refractivity contribution in [3.63, 3.8) is 0 Å². The second-order valence-electron chi connectivity index (χ2n) is 8.91. The molecular formula is C24H22F4N4O6S. The highest BCUT2D eigenvalue weighted by molar-refractivity contribution is 7.90. The molecule has 2 aliphatic heterocycles. The van der Waals surface area contributed by atoms with Crippen molar-refractivity contribution in [2.45, 2.75) is 24.7 Å². The number of anilines is 2. The second kappa shape index (κ2) is 10.1. The van der Waals surface area contributed by atoms with E-state index in [1.807, 2.05) is 0 Å². The van der Waals surface area contributed by atoms with Crippen LogP contribution in [0.3, 0.4) is 0 Å². The van der Waals surface area contributed by atoms with E-state index in [2.05, 4.69) is 14.4 Å². The number of alkyl halides is 3. The lowest BCUT2D eigenvalue weighted by molar-refractivity contribution is -0.137. The normalized spacial score (nSPS) is 20.5. The topological polar surface area (TPSA) is 114 Å². The average Bonchev–Trinajstić information content (AvgIpc) is 3.40. The highest BCUT2D eigenvalue weighted by Crippen LogP contribution is 2.41. The number of nitrogens with one attached hydrogen (secondary N) is 1. The number of hydrogen-bond donors (Lipinski definition) is 1. The molecular weight excluding hydrogens is 548 g/mol. The van der Waals surface area contributed by atoms with Gasteiger partial charge in [-0.1, -0.05) is 17.3 Å². The Morgan fingerprint density at radius 1 is 1.15 bits per heavy atom. The molecule has 2 saturated heterocycles. The van der Waals surface area contributed by atoms with Gasteiger partial charge in [0.25, 0.3) is 5.91 Å². The van der Waals surface area contributed by atoms with E-state index in [1.165, 1.54) is 42.5 Å². The summed E-state index contributed by atoms with van der Waals surface area (Å²) in [5.41, 5.74) is -0.864. The van der Waals surface area contributed by atoms with Crippen LogP contribution in [-0.2, 0) is 25.9 Å². The molecule has 0 unspecified atom stereocenters. The monoisotopic (exact) mass is 570 g/mol. The molecule has 3 aromatic rings. The van der Waals surface area contributed by atoms with Gasteiger partial charge in [-0.2, -0.15) is 25.9 Å². The van der Waals surface area contributed by atoms with Crippen molar-refractivity contribution < 1.29 is 44.8 Å². The number of rotatable bonds is 6. The second-order valence-corrected chi connectivity index (χ2v) is 10.6. The average molecular weight is 571 g/mol. The Bertz CT molecular complexity index is 1480. The maximum Gasteiger partial charge on any atom is 0.416 e. The lowest BCUT2D eigenvalue weighted by atomic mass is 9.97. The number of morpholine rings is 1. The van der Waals surface area contributed by atoms with Crippen molar-refractivity contribution in [2.75, 3.05) is 36.4 Å². The lowest BCUT2D eigenvalue weighted by Gasteiger charge is -2.46. The van der Waals surface area contributed by atoms with Gasteiger partial charge in [-0.05, 0) is 41.8 Å². The molecule has 1 amide bonds. The fourth-order valence-corrected chi connectivity index (χ4v) is 5.93. The van der Waals surface area contributed by atoms with Gasteiger partial charge >= 0.3 is 16.4 Å². The summed E-state index contributed by atoms with van der Waals surface area (Å²) in [6.45, 7) is -0.592. The van der Waals surface area contributed by atoms with Gasteiger partial charge in [-0.15, -0.1) is 0 Å². The molecule has 5 rings (SSSR count). The zero-order valence-electron chi connectivity index (χ0n) is 20.3. The summed E-state index contributed by atoms with van der Waals surface area (Å²) in [4.78, 5) is 14.1. The van der Waals surface area contributed by atoms with Gasteiger partial charge in [0.05, 0.1) is 24.8 Å². The van der Waals surface area contributed by atoms with Crippen molar-refractivity contribution in [3.8, 4) is 16.9 Å². The molecule has 2 atom stereocenters. The van der Waals surface area contributed by atoms with E-state index in [0.29, 0.717) is 0 Å². The number of piperidine rings is 1. The largest absolute Gasteiger partial charge is 0.494 e. The van der Waals surface area contributed by atoms with Crippen LogP contribution in [0.15, 0.2) is 53.3 Å². The molecule has 10 nitrogen and oxygen atoms in total. The molecule has 2 aliphatic rings. The molecule has 0 aliphatic carbocycles. The van der Waals surface area contributed by atoms with Crippen LogP contribution in [0.25, 0.3) is 11.1 Å². The van der Waals surface area contributed by atoms with E-state index < -0.39 is 52.4 Å². The number of hydrogen-bond acceptors (Lipinski definition) is 7. The number of benzene rings is 2. The fourth-order valence-electron chi connectivity index (χ4n) is 4.74. The number of methoxy groups -OCH3 is 1. The Morgan fingerprint density at radius 3 is 2.64 bits per heavy atom. The van der Waals surface area contributed by atoms with Crippen molar-refractivity contribution in [3.05, 3.63) is 60.1 Å². The summed E-state index contributed by atoms with van der Waals surface area (Å²) in [6, 6.07) is 7.42. The number of ether oxygens (including phenoxy) is 2. The first-order chi connectivity index (χ1) is 18.5. The third-order valence-corrected chi connectivity index (χ3v) is 8.01. The SMILES string of the molecule is COc1cc(-c2cccc(C(F)(F)F)c2)cc(F)c1N1C(=O)CO[C@H]2CN(S(=O)(=O)Nc3ccon3)CC[C@@H]21. The maximum atomic E-state index is 15.6. The zero-order chi connectivity index (χ0) is 27.9. The Morgan fingerprint density at radius 2 is 1.95 bits per heavy atom. The highest BCUT2D eigenvalue weighted by atomic mass is 32.2. The molecule has 0 spiro atoms. The summed E-state index contributed by atoms with van der Waals surface area (Å²) < 4.78 is 99.9. The third-order valence-electron chi connectivity index (χ3n) is 6.53. The van der Waals surface area contributed by atoms with E-state index >= 15 is 4.39 Å². The summed E-state index contributed by atoms with van der Waals surface area (Å²) >= 11 is 0. The van der Waals surface area contributed by atoms with Crippen LogP contribution >= 0.6 is 0 Å². The Balaban J connectivity index is 1.44. The Hall–Kier alpha value is -3.69. The highest BCUT2D eigenvalue weighted by Gasteiger charge is 2.45. The molecule has 208 valence electrons. The number of carbonyl (C=O) groups is 1. The van der Waals surface area contributed by atoms with Crippen molar-refractivity contribution in [1.29, 1.82) is 0 Å². The number of aromatic nitrogens is 1. The van der Waals surface area contributed by atoms with E-state index in [9.17, 15) is 26.4 Å². The summed E-state index contributed by atoms with van der Waals surface area (Å²) in [5, 5.41) is 3.53. The number of amides is 1. The van der Waals surface area contributed by atoms with E-state index in [-0.39, 0.29) is 47.9 Å². The van der Waals surface area contributed by atoms with Crippen LogP contribution in [0, 0.1) is 5.82 Å². The van der Waals surface area contributed by atoms with Gasteiger partial charge in [0.2, 0.25) is 0 Å². The Kier molecular flexibility index (Phi) is 6.99. The first-order valence-corrected chi connectivity index (χ1v) is 13.1. The van der Waals surface area contributed by atoms with Crippen molar-refractivity contribution in [1.82, 2.24) is 9.46 Å². The lowest BCUT2D eigenvalue weighted by Crippen LogP contribution is -2.62. The van der Waals surface area contributed by atoms with Gasteiger partial charge < -0.3 is 14.0 Å². The van der Waals surface area contributed by atoms with Crippen molar-refractivity contribution >= 4 is 27.6 Å². The first kappa shape index (κ1) is 26.9. The molecule has 0 bridgehead atoms. The van der Waals surface area contributed by atoms with Gasteiger partial charge in [0, 0.05) is 19.2 Å². The molecule has 0 radical (unpaired) electrons. The first-order valence-electron chi connectivity index (χ1n) is 11.6. The van der Waals surface area contributed by atoms with Crippen LogP contribution in [0.1, 0.15) is 12.0 Å². The number of nitrogens with zero attached hydrogens (tertiary/aromatic N) is 3. The molecule has 15 heteroatoms. The summed E-state index contributed by atoms with van der Waals surface area (Å²) in [7, 11) is -2.77. The number of fused-ring (bicyclic) bond motifs is 1. The predicted molar refractivity (Wildman–Crippen MR) is 130 cm³/mol. The van der Waals surface area contributed by atoms with Crippen LogP contribution in [0.4, 0.5) is 29.1 Å². The minimum Gasteiger partial charge on any atom is -0.494 e. The molecule has 39 heavy (non-hydrogen) atoms. The van der Waals surface area contributed by atoms with Gasteiger partial charge in [-0.25, -0.2) is 4.39 Å². The number of halogens is 4. The van der Waals surface area contributed by atoms with Crippen LogP contribution in [0.2, 0.25) is 0 Å². The van der Waals surface area contributed by atoms with Gasteiger partial charge in [0.15, 0.2) is 11.6 Å². The van der Waals surface area contributed by atoms with Crippen LogP contribution < -0.4 is 14.4 Å². The van der Waals surface area contributed by atoms with E-state index in [0.717, 1.165) is 22.5 Å². The summed E-state index contributed by atoms with van der Waals surface area (Å²) in [6.07, 6.45) is -4.06. The van der Waals surface area contributed by atoms with Crippen LogP contribution in [-0.4, -0.2) is 62.7 Å².